The highest BCUT2D eigenvalue weighted by atomic mass is 79.9. The molecule has 0 aliphatic heterocycles. The standard InChI is InChI=1S/C22H20BrN5O2/c1-13-4-9-18(10-14(13)2)28-21-19(11-24-28)15(3)26-27(22(21)30)12-20(29)25-17-7-5-16(23)6-8-17/h4-11H,12H2,1-3H3,(H,25,29). The lowest BCUT2D eigenvalue weighted by atomic mass is 10.1. The van der Waals surface area contributed by atoms with Gasteiger partial charge in [0.2, 0.25) is 5.91 Å². The second-order valence-corrected chi connectivity index (χ2v) is 8.11. The Labute approximate surface area is 181 Å². The van der Waals surface area contributed by atoms with E-state index in [1.165, 1.54) is 4.68 Å². The van der Waals surface area contributed by atoms with Gasteiger partial charge in [0.25, 0.3) is 5.56 Å². The highest BCUT2D eigenvalue weighted by Crippen LogP contribution is 2.19. The van der Waals surface area contributed by atoms with E-state index in [4.69, 9.17) is 0 Å². The van der Waals surface area contributed by atoms with Crippen LogP contribution in [0.5, 0.6) is 0 Å². The topological polar surface area (TPSA) is 81.8 Å². The van der Waals surface area contributed by atoms with Crippen molar-refractivity contribution in [2.75, 3.05) is 5.32 Å². The van der Waals surface area contributed by atoms with Crippen LogP contribution < -0.4 is 10.9 Å². The maximum absolute atomic E-state index is 13.2. The molecule has 0 radical (unpaired) electrons. The minimum Gasteiger partial charge on any atom is -0.324 e. The summed E-state index contributed by atoms with van der Waals surface area (Å²) in [6.07, 6.45) is 1.64. The summed E-state index contributed by atoms with van der Waals surface area (Å²) in [4.78, 5) is 25.7. The van der Waals surface area contributed by atoms with E-state index in [1.807, 2.05) is 44.2 Å². The largest absolute Gasteiger partial charge is 0.324 e. The molecule has 0 unspecified atom stereocenters. The van der Waals surface area contributed by atoms with E-state index in [-0.39, 0.29) is 18.0 Å². The monoisotopic (exact) mass is 465 g/mol. The highest BCUT2D eigenvalue weighted by molar-refractivity contribution is 9.10. The van der Waals surface area contributed by atoms with E-state index in [0.29, 0.717) is 22.3 Å². The van der Waals surface area contributed by atoms with Crippen LogP contribution in [0.25, 0.3) is 16.6 Å². The van der Waals surface area contributed by atoms with Crippen molar-refractivity contribution in [3.63, 3.8) is 0 Å². The van der Waals surface area contributed by atoms with Crippen molar-refractivity contribution in [3.8, 4) is 5.69 Å². The molecule has 0 atom stereocenters. The van der Waals surface area contributed by atoms with Crippen molar-refractivity contribution in [3.05, 3.63) is 80.3 Å². The van der Waals surface area contributed by atoms with Crippen LogP contribution in [0.3, 0.4) is 0 Å². The number of nitrogens with one attached hydrogen (secondary N) is 1. The quantitative estimate of drug-likeness (QED) is 0.495. The first-order valence-corrected chi connectivity index (χ1v) is 10.2. The third-order valence-electron chi connectivity index (χ3n) is 5.02. The van der Waals surface area contributed by atoms with Crippen LogP contribution in [0.2, 0.25) is 0 Å². The number of rotatable bonds is 4. The average molecular weight is 466 g/mol. The molecule has 2 heterocycles. The second-order valence-electron chi connectivity index (χ2n) is 7.19. The molecule has 0 saturated heterocycles. The van der Waals surface area contributed by atoms with Gasteiger partial charge in [-0.3, -0.25) is 9.59 Å². The van der Waals surface area contributed by atoms with Gasteiger partial charge in [0, 0.05) is 15.5 Å². The Bertz CT molecular complexity index is 1320. The summed E-state index contributed by atoms with van der Waals surface area (Å²) in [7, 11) is 0. The summed E-state index contributed by atoms with van der Waals surface area (Å²) in [5, 5.41) is 12.2. The molecule has 7 nitrogen and oxygen atoms in total. The van der Waals surface area contributed by atoms with Gasteiger partial charge < -0.3 is 5.32 Å². The van der Waals surface area contributed by atoms with E-state index in [0.717, 1.165) is 21.3 Å². The molecule has 4 aromatic rings. The van der Waals surface area contributed by atoms with Crippen molar-refractivity contribution < 1.29 is 4.79 Å². The summed E-state index contributed by atoms with van der Waals surface area (Å²) >= 11 is 3.36. The number of anilines is 1. The van der Waals surface area contributed by atoms with Crippen LogP contribution in [-0.2, 0) is 11.3 Å². The van der Waals surface area contributed by atoms with Gasteiger partial charge in [0.1, 0.15) is 12.1 Å². The smallest absolute Gasteiger partial charge is 0.293 e. The molecule has 2 aromatic heterocycles. The fourth-order valence-electron chi connectivity index (χ4n) is 3.25. The number of hydrogen-bond donors (Lipinski definition) is 1. The fourth-order valence-corrected chi connectivity index (χ4v) is 3.52. The zero-order valence-corrected chi connectivity index (χ0v) is 18.4. The van der Waals surface area contributed by atoms with Crippen molar-refractivity contribution in [1.29, 1.82) is 0 Å². The predicted molar refractivity (Wildman–Crippen MR) is 120 cm³/mol. The Morgan fingerprint density at radius 1 is 1.07 bits per heavy atom. The number of hydrogen-bond acceptors (Lipinski definition) is 4. The van der Waals surface area contributed by atoms with Crippen molar-refractivity contribution in [2.45, 2.75) is 27.3 Å². The molecule has 4 rings (SSSR count). The summed E-state index contributed by atoms with van der Waals surface area (Å²) in [6, 6.07) is 13.1. The Hall–Kier alpha value is -3.26. The normalized spacial score (nSPS) is 11.1. The Kier molecular flexibility index (Phi) is 5.26. The van der Waals surface area contributed by atoms with Gasteiger partial charge in [0.15, 0.2) is 0 Å². The maximum Gasteiger partial charge on any atom is 0.293 e. The maximum atomic E-state index is 13.2. The minimum absolute atomic E-state index is 0.191. The number of aromatic nitrogens is 4. The van der Waals surface area contributed by atoms with Crippen LogP contribution in [-0.4, -0.2) is 25.5 Å². The molecule has 1 N–H and O–H groups in total. The first kappa shape index (κ1) is 20.0. The molecule has 0 aliphatic rings. The van der Waals surface area contributed by atoms with E-state index < -0.39 is 0 Å². The molecule has 0 saturated carbocycles. The van der Waals surface area contributed by atoms with Gasteiger partial charge in [-0.05, 0) is 68.3 Å². The van der Waals surface area contributed by atoms with Gasteiger partial charge in [-0.1, -0.05) is 22.0 Å². The van der Waals surface area contributed by atoms with Gasteiger partial charge in [-0.25, -0.2) is 9.36 Å². The van der Waals surface area contributed by atoms with E-state index in [9.17, 15) is 9.59 Å². The fraction of sp³-hybridized carbons (Fsp3) is 0.182. The highest BCUT2D eigenvalue weighted by Gasteiger charge is 2.17. The van der Waals surface area contributed by atoms with Crippen LogP contribution in [0, 0.1) is 20.8 Å². The molecule has 0 bridgehead atoms. The predicted octanol–water partition coefficient (Wildman–Crippen LogP) is 3.91. The average Bonchev–Trinajstić information content (AvgIpc) is 3.16. The number of halogens is 1. The van der Waals surface area contributed by atoms with Crippen LogP contribution in [0.1, 0.15) is 16.8 Å². The van der Waals surface area contributed by atoms with Gasteiger partial charge >= 0.3 is 0 Å². The van der Waals surface area contributed by atoms with Crippen molar-refractivity contribution >= 4 is 38.4 Å². The first-order chi connectivity index (χ1) is 14.3. The van der Waals surface area contributed by atoms with E-state index in [1.54, 1.807) is 29.9 Å². The number of amides is 1. The molecule has 2 aromatic carbocycles. The third-order valence-corrected chi connectivity index (χ3v) is 5.55. The molecule has 152 valence electrons. The van der Waals surface area contributed by atoms with Crippen molar-refractivity contribution in [1.82, 2.24) is 19.6 Å². The van der Waals surface area contributed by atoms with Gasteiger partial charge in [-0.15, -0.1) is 0 Å². The SMILES string of the molecule is Cc1ccc(-n2ncc3c(C)nn(CC(=O)Nc4ccc(Br)cc4)c(=O)c32)cc1C. The Morgan fingerprint density at radius 2 is 1.80 bits per heavy atom. The second kappa shape index (κ2) is 7.87. The zero-order valence-electron chi connectivity index (χ0n) is 16.8. The van der Waals surface area contributed by atoms with Gasteiger partial charge in [-0.2, -0.15) is 10.2 Å². The number of carbonyl (C=O) groups excluding carboxylic acids is 1. The molecular weight excluding hydrogens is 446 g/mol. The number of fused-ring (bicyclic) bond motifs is 1. The molecule has 0 fully saturated rings. The summed E-state index contributed by atoms with van der Waals surface area (Å²) in [5.74, 6) is -0.331. The lowest BCUT2D eigenvalue weighted by Crippen LogP contribution is -2.31. The summed E-state index contributed by atoms with van der Waals surface area (Å²) < 4.78 is 3.71. The molecule has 8 heteroatoms. The number of benzene rings is 2. The minimum atomic E-state index is -0.364. The number of aryl methyl sites for hydroxylation is 3. The van der Waals surface area contributed by atoms with Crippen LogP contribution >= 0.6 is 15.9 Å². The van der Waals surface area contributed by atoms with Gasteiger partial charge in [0.05, 0.1) is 17.6 Å². The van der Waals surface area contributed by atoms with E-state index >= 15 is 0 Å². The lowest BCUT2D eigenvalue weighted by molar-refractivity contribution is -0.117. The van der Waals surface area contributed by atoms with Crippen LogP contribution in [0.15, 0.2) is 57.9 Å². The molecule has 0 spiro atoms. The van der Waals surface area contributed by atoms with Crippen molar-refractivity contribution in [2.24, 2.45) is 0 Å². The molecule has 30 heavy (non-hydrogen) atoms. The third kappa shape index (κ3) is 3.78. The number of carbonyl (C=O) groups is 1. The molecule has 0 aliphatic carbocycles. The summed E-state index contributed by atoms with van der Waals surface area (Å²) in [5.41, 5.74) is 4.39. The lowest BCUT2D eigenvalue weighted by Gasteiger charge is -2.10. The molecule has 1 amide bonds. The van der Waals surface area contributed by atoms with E-state index in [2.05, 4.69) is 31.4 Å². The zero-order chi connectivity index (χ0) is 21.4. The Morgan fingerprint density at radius 3 is 2.50 bits per heavy atom. The number of nitrogens with zero attached hydrogens (tertiary/aromatic N) is 4. The molecular formula is C22H20BrN5O2. The van der Waals surface area contributed by atoms with Crippen LogP contribution in [0.4, 0.5) is 5.69 Å². The Balaban J connectivity index is 1.71. The summed E-state index contributed by atoms with van der Waals surface area (Å²) in [6.45, 7) is 5.66. The first-order valence-electron chi connectivity index (χ1n) is 9.42.